The summed E-state index contributed by atoms with van der Waals surface area (Å²) >= 11 is 3.40. The molecule has 0 amide bonds. The van der Waals surface area contributed by atoms with E-state index in [1.54, 1.807) is 22.7 Å². The summed E-state index contributed by atoms with van der Waals surface area (Å²) in [7, 11) is 0. The lowest BCUT2D eigenvalue weighted by atomic mass is 9.73. The fourth-order valence-electron chi connectivity index (χ4n) is 3.52. The van der Waals surface area contributed by atoms with Crippen LogP contribution in [0, 0.1) is 11.3 Å². The first-order valence-electron chi connectivity index (χ1n) is 8.01. The number of thiazole rings is 1. The van der Waals surface area contributed by atoms with E-state index in [-0.39, 0.29) is 0 Å². The summed E-state index contributed by atoms with van der Waals surface area (Å²) in [5.41, 5.74) is 3.19. The standard InChI is InChI=1S/C18H20N2OS2/c1-18(2,3)11-6-7-12-15(9-11)23-17-19-16(13(10-21)20(12)17)14-5-4-8-22-14/h4-5,8,10-11H,6-7,9H2,1-3H3. The van der Waals surface area contributed by atoms with Gasteiger partial charge in [-0.15, -0.1) is 22.7 Å². The fraction of sp³-hybridized carbons (Fsp3) is 0.444. The Labute approximate surface area is 144 Å². The van der Waals surface area contributed by atoms with Crippen molar-refractivity contribution < 1.29 is 4.79 Å². The predicted molar refractivity (Wildman–Crippen MR) is 96.7 cm³/mol. The monoisotopic (exact) mass is 344 g/mol. The summed E-state index contributed by atoms with van der Waals surface area (Å²) in [6.45, 7) is 6.98. The summed E-state index contributed by atoms with van der Waals surface area (Å²) in [5, 5.41) is 2.03. The molecule has 0 spiro atoms. The van der Waals surface area contributed by atoms with Gasteiger partial charge < -0.3 is 0 Å². The average Bonchev–Trinajstić information content (AvgIpc) is 3.19. The van der Waals surface area contributed by atoms with Crippen molar-refractivity contribution in [3.05, 3.63) is 33.8 Å². The summed E-state index contributed by atoms with van der Waals surface area (Å²) in [6, 6.07) is 4.04. The molecule has 4 rings (SSSR count). The minimum atomic E-state index is 0.333. The van der Waals surface area contributed by atoms with Gasteiger partial charge in [0, 0.05) is 10.6 Å². The van der Waals surface area contributed by atoms with Gasteiger partial charge in [0.1, 0.15) is 11.4 Å². The minimum absolute atomic E-state index is 0.333. The summed E-state index contributed by atoms with van der Waals surface area (Å²) < 4.78 is 2.11. The van der Waals surface area contributed by atoms with Crippen LogP contribution in [0.5, 0.6) is 0 Å². The number of aldehydes is 1. The SMILES string of the molecule is CC(C)(C)C1CCc2c(sc3nc(-c4cccs4)c(C=O)n23)C1. The first-order chi connectivity index (χ1) is 11.0. The van der Waals surface area contributed by atoms with E-state index >= 15 is 0 Å². The van der Waals surface area contributed by atoms with E-state index in [0.717, 1.165) is 34.7 Å². The van der Waals surface area contributed by atoms with Gasteiger partial charge >= 0.3 is 0 Å². The zero-order valence-electron chi connectivity index (χ0n) is 13.6. The Balaban J connectivity index is 1.84. The lowest BCUT2D eigenvalue weighted by molar-refractivity contribution is 0.111. The van der Waals surface area contributed by atoms with Gasteiger partial charge in [-0.3, -0.25) is 9.20 Å². The molecule has 0 radical (unpaired) electrons. The Morgan fingerprint density at radius 2 is 2.22 bits per heavy atom. The minimum Gasteiger partial charge on any atom is -0.296 e. The normalized spacial score (nSPS) is 18.3. The van der Waals surface area contributed by atoms with Crippen molar-refractivity contribution in [3.63, 3.8) is 0 Å². The maximum absolute atomic E-state index is 11.8. The number of hydrogen-bond acceptors (Lipinski definition) is 4. The number of aromatic nitrogens is 2. The molecule has 3 heterocycles. The Bertz CT molecular complexity index is 865. The van der Waals surface area contributed by atoms with Crippen molar-refractivity contribution in [1.29, 1.82) is 0 Å². The fourth-order valence-corrected chi connectivity index (χ4v) is 5.50. The van der Waals surface area contributed by atoms with Crippen LogP contribution in [0.15, 0.2) is 17.5 Å². The lowest BCUT2D eigenvalue weighted by Gasteiger charge is -2.33. The molecule has 0 saturated heterocycles. The molecule has 1 unspecified atom stereocenters. The molecule has 3 aromatic rings. The zero-order valence-corrected chi connectivity index (χ0v) is 15.3. The first kappa shape index (κ1) is 15.1. The molecule has 0 bridgehead atoms. The smallest absolute Gasteiger partial charge is 0.195 e. The quantitative estimate of drug-likeness (QED) is 0.607. The number of nitrogens with zero attached hydrogens (tertiary/aromatic N) is 2. The van der Waals surface area contributed by atoms with E-state index in [1.807, 2.05) is 17.5 Å². The number of hydrogen-bond donors (Lipinski definition) is 0. The van der Waals surface area contributed by atoms with Crippen LogP contribution in [-0.2, 0) is 12.8 Å². The van der Waals surface area contributed by atoms with Crippen molar-refractivity contribution in [2.24, 2.45) is 11.3 Å². The summed E-state index contributed by atoms with van der Waals surface area (Å²) in [5.74, 6) is 0.704. The van der Waals surface area contributed by atoms with Gasteiger partial charge in [-0.05, 0) is 42.0 Å². The molecule has 0 saturated carbocycles. The van der Waals surface area contributed by atoms with Gasteiger partial charge in [-0.2, -0.15) is 0 Å². The Morgan fingerprint density at radius 1 is 1.39 bits per heavy atom. The highest BCUT2D eigenvalue weighted by Crippen LogP contribution is 2.41. The average molecular weight is 345 g/mol. The van der Waals surface area contributed by atoms with Gasteiger partial charge in [-0.1, -0.05) is 26.8 Å². The van der Waals surface area contributed by atoms with Gasteiger partial charge in [0.05, 0.1) is 4.88 Å². The second kappa shape index (κ2) is 5.28. The molecule has 0 N–H and O–H groups in total. The van der Waals surface area contributed by atoms with E-state index in [4.69, 9.17) is 4.98 Å². The van der Waals surface area contributed by atoms with E-state index in [9.17, 15) is 4.79 Å². The molecule has 1 atom stereocenters. The molecule has 0 aromatic carbocycles. The molecule has 0 aliphatic heterocycles. The van der Waals surface area contributed by atoms with E-state index < -0.39 is 0 Å². The van der Waals surface area contributed by atoms with Crippen LogP contribution in [-0.4, -0.2) is 15.7 Å². The van der Waals surface area contributed by atoms with Gasteiger partial charge in [0.15, 0.2) is 11.2 Å². The third kappa shape index (κ3) is 2.37. The van der Waals surface area contributed by atoms with Crippen molar-refractivity contribution in [2.45, 2.75) is 40.0 Å². The van der Waals surface area contributed by atoms with Crippen molar-refractivity contribution in [3.8, 4) is 10.6 Å². The number of imidazole rings is 1. The maximum Gasteiger partial charge on any atom is 0.195 e. The highest BCUT2D eigenvalue weighted by atomic mass is 32.1. The molecule has 0 fully saturated rings. The zero-order chi connectivity index (χ0) is 16.2. The third-order valence-electron chi connectivity index (χ3n) is 4.94. The number of thiophene rings is 1. The highest BCUT2D eigenvalue weighted by Gasteiger charge is 2.32. The highest BCUT2D eigenvalue weighted by molar-refractivity contribution is 7.17. The third-order valence-corrected chi connectivity index (χ3v) is 6.92. The molecular formula is C18H20N2OS2. The number of aryl methyl sites for hydroxylation is 1. The van der Waals surface area contributed by atoms with Gasteiger partial charge in [0.25, 0.3) is 0 Å². The molecule has 23 heavy (non-hydrogen) atoms. The first-order valence-corrected chi connectivity index (χ1v) is 9.70. The lowest BCUT2D eigenvalue weighted by Crippen LogP contribution is -2.26. The van der Waals surface area contributed by atoms with E-state index in [1.165, 1.54) is 17.0 Å². The Hall–Kier alpha value is -1.46. The Kier molecular flexibility index (Phi) is 3.46. The van der Waals surface area contributed by atoms with Crippen LogP contribution in [0.4, 0.5) is 0 Å². The van der Waals surface area contributed by atoms with Crippen molar-refractivity contribution in [1.82, 2.24) is 9.38 Å². The van der Waals surface area contributed by atoms with E-state index in [0.29, 0.717) is 17.0 Å². The Morgan fingerprint density at radius 3 is 2.87 bits per heavy atom. The van der Waals surface area contributed by atoms with Crippen LogP contribution < -0.4 is 0 Å². The van der Waals surface area contributed by atoms with Gasteiger partial charge in [-0.25, -0.2) is 4.98 Å². The van der Waals surface area contributed by atoms with Crippen LogP contribution in [0.2, 0.25) is 0 Å². The molecule has 1 aliphatic carbocycles. The van der Waals surface area contributed by atoms with Crippen molar-refractivity contribution in [2.75, 3.05) is 0 Å². The molecule has 5 heteroatoms. The number of carbonyl (C=O) groups is 1. The second-order valence-corrected chi connectivity index (χ2v) is 9.35. The summed E-state index contributed by atoms with van der Waals surface area (Å²) in [6.07, 6.45) is 4.31. The second-order valence-electron chi connectivity index (χ2n) is 7.34. The topological polar surface area (TPSA) is 34.4 Å². The number of fused-ring (bicyclic) bond motifs is 3. The number of carbonyl (C=O) groups excluding carboxylic acids is 1. The molecule has 3 nitrogen and oxygen atoms in total. The predicted octanol–water partition coefficient (Wildman–Crippen LogP) is 5.09. The van der Waals surface area contributed by atoms with Gasteiger partial charge in [0.2, 0.25) is 0 Å². The molecule has 1 aliphatic rings. The number of rotatable bonds is 2. The van der Waals surface area contributed by atoms with Crippen LogP contribution in [0.1, 0.15) is 48.3 Å². The van der Waals surface area contributed by atoms with Crippen LogP contribution in [0.25, 0.3) is 15.5 Å². The van der Waals surface area contributed by atoms with Crippen molar-refractivity contribution >= 4 is 33.9 Å². The summed E-state index contributed by atoms with van der Waals surface area (Å²) in [4.78, 5) is 20.0. The maximum atomic E-state index is 11.8. The molecular weight excluding hydrogens is 324 g/mol. The van der Waals surface area contributed by atoms with Crippen LogP contribution >= 0.6 is 22.7 Å². The molecule has 120 valence electrons. The van der Waals surface area contributed by atoms with Crippen LogP contribution in [0.3, 0.4) is 0 Å². The largest absolute Gasteiger partial charge is 0.296 e. The molecule has 3 aromatic heterocycles. The van der Waals surface area contributed by atoms with E-state index in [2.05, 4.69) is 25.2 Å².